The van der Waals surface area contributed by atoms with Crippen molar-refractivity contribution in [2.75, 3.05) is 4.90 Å². The Morgan fingerprint density at radius 3 is 1.26 bits per heavy atom. The Bertz CT molecular complexity index is 4240. The van der Waals surface area contributed by atoms with E-state index in [-0.39, 0.29) is 0 Å². The van der Waals surface area contributed by atoms with Crippen LogP contribution in [0.25, 0.3) is 113 Å². The first-order chi connectivity index (χ1) is 34.2. The molecule has 0 radical (unpaired) electrons. The molecule has 322 valence electrons. The van der Waals surface area contributed by atoms with Crippen molar-refractivity contribution in [3.8, 4) is 39.1 Å². The van der Waals surface area contributed by atoms with Crippen molar-refractivity contribution in [1.82, 2.24) is 4.57 Å². The third kappa shape index (κ3) is 6.54. The molecule has 0 aliphatic rings. The van der Waals surface area contributed by atoms with Crippen molar-refractivity contribution in [3.63, 3.8) is 0 Å². The molecule has 0 N–H and O–H groups in total. The Labute approximate surface area is 403 Å². The van der Waals surface area contributed by atoms with Crippen molar-refractivity contribution >= 4 is 103 Å². The summed E-state index contributed by atoms with van der Waals surface area (Å²) in [5, 5.41) is 12.7. The molecule has 2 heterocycles. The summed E-state index contributed by atoms with van der Waals surface area (Å²) in [7, 11) is 0. The Morgan fingerprint density at radius 2 is 0.652 bits per heavy atom. The monoisotopic (exact) mass is 894 g/mol. The number of hydrogen-bond acceptors (Lipinski definition) is 2. The molecule has 0 saturated heterocycles. The van der Waals surface area contributed by atoms with Crippen LogP contribution in [0.1, 0.15) is 0 Å². The first kappa shape index (κ1) is 39.4. The average molecular weight is 895 g/mol. The zero-order valence-corrected chi connectivity index (χ0v) is 38.4. The van der Waals surface area contributed by atoms with E-state index in [1.54, 1.807) is 0 Å². The average Bonchev–Trinajstić information content (AvgIpc) is 3.96. The van der Waals surface area contributed by atoms with Crippen molar-refractivity contribution in [3.05, 3.63) is 255 Å². The third-order valence-corrected chi connectivity index (χ3v) is 15.3. The number of aromatic nitrogens is 1. The van der Waals surface area contributed by atoms with Gasteiger partial charge in [0.05, 0.1) is 11.0 Å². The summed E-state index contributed by atoms with van der Waals surface area (Å²) >= 11 is 1.87. The van der Waals surface area contributed by atoms with Crippen LogP contribution in [0.4, 0.5) is 17.1 Å². The van der Waals surface area contributed by atoms with Crippen molar-refractivity contribution in [1.29, 1.82) is 0 Å². The zero-order valence-electron chi connectivity index (χ0n) is 37.6. The van der Waals surface area contributed by atoms with Gasteiger partial charge >= 0.3 is 0 Å². The van der Waals surface area contributed by atoms with Gasteiger partial charge in [-0.15, -0.1) is 11.3 Å². The summed E-state index contributed by atoms with van der Waals surface area (Å²) in [5.41, 5.74) is 14.0. The molecule has 0 unspecified atom stereocenters. The van der Waals surface area contributed by atoms with Crippen molar-refractivity contribution in [2.45, 2.75) is 0 Å². The summed E-state index contributed by atoms with van der Waals surface area (Å²) in [6, 6.07) is 93.7. The number of hydrogen-bond donors (Lipinski definition) is 0. The second kappa shape index (κ2) is 16.0. The maximum Gasteiger partial charge on any atom is 0.0541 e. The van der Waals surface area contributed by atoms with Gasteiger partial charge in [0.25, 0.3) is 0 Å². The standard InChI is InChI=1S/C66H42N2S/c1-3-13-43(14-4-1)44-23-30-50(31-24-44)67(49-15-5-2-6-16-49)51-32-25-45(26-33-51)46-27-36-63-60(39-46)61-40-47(48-29-38-66-62(41-48)58-21-11-12-22-65(58)69-66)28-37-64(61)68(63)52-34-35-57-55-19-8-7-17-53(55)54-18-9-10-20-56(54)59(57)42-52/h1-42H. The minimum absolute atomic E-state index is 1.10. The van der Waals surface area contributed by atoms with Crippen LogP contribution in [0.5, 0.6) is 0 Å². The predicted molar refractivity (Wildman–Crippen MR) is 297 cm³/mol. The molecular formula is C66H42N2S. The minimum Gasteiger partial charge on any atom is -0.311 e. The van der Waals surface area contributed by atoms with Gasteiger partial charge in [0.2, 0.25) is 0 Å². The second-order valence-electron chi connectivity index (χ2n) is 18.1. The normalized spacial score (nSPS) is 11.8. The molecule has 0 fully saturated rings. The highest BCUT2D eigenvalue weighted by molar-refractivity contribution is 7.25. The van der Waals surface area contributed by atoms with Crippen LogP contribution in [0.2, 0.25) is 0 Å². The lowest BCUT2D eigenvalue weighted by Gasteiger charge is -2.26. The Kier molecular flexibility index (Phi) is 9.11. The number of fused-ring (bicyclic) bond motifs is 12. The van der Waals surface area contributed by atoms with Crippen LogP contribution in [0.15, 0.2) is 255 Å². The fourth-order valence-corrected chi connectivity index (χ4v) is 11.9. The van der Waals surface area contributed by atoms with E-state index in [9.17, 15) is 0 Å². The van der Waals surface area contributed by atoms with Crippen molar-refractivity contribution < 1.29 is 0 Å². The summed E-state index contributed by atoms with van der Waals surface area (Å²) in [6.45, 7) is 0. The molecule has 0 atom stereocenters. The number of anilines is 3. The Hall–Kier alpha value is -8.76. The highest BCUT2D eigenvalue weighted by atomic mass is 32.1. The molecule has 2 aromatic heterocycles. The molecule has 0 aliphatic heterocycles. The molecule has 0 amide bonds. The van der Waals surface area contributed by atoms with Crippen LogP contribution < -0.4 is 4.90 Å². The molecule has 0 bridgehead atoms. The summed E-state index contributed by atoms with van der Waals surface area (Å²) in [6.07, 6.45) is 0. The van der Waals surface area contributed by atoms with Crippen LogP contribution in [0.3, 0.4) is 0 Å². The molecule has 69 heavy (non-hydrogen) atoms. The number of rotatable bonds is 7. The molecule has 3 heteroatoms. The first-order valence-corrected chi connectivity index (χ1v) is 24.5. The predicted octanol–water partition coefficient (Wildman–Crippen LogP) is 19.1. The van der Waals surface area contributed by atoms with E-state index in [1.165, 1.54) is 108 Å². The molecule has 0 saturated carbocycles. The number of nitrogens with zero attached hydrogens (tertiary/aromatic N) is 2. The quantitative estimate of drug-likeness (QED) is 0.145. The minimum atomic E-state index is 1.10. The van der Waals surface area contributed by atoms with Gasteiger partial charge in [-0.05, 0) is 157 Å². The fraction of sp³-hybridized carbons (Fsp3) is 0. The number of benzene rings is 12. The second-order valence-corrected chi connectivity index (χ2v) is 19.1. The smallest absolute Gasteiger partial charge is 0.0541 e. The summed E-state index contributed by atoms with van der Waals surface area (Å²) in [5.74, 6) is 0. The van der Waals surface area contributed by atoms with E-state index in [2.05, 4.69) is 264 Å². The highest BCUT2D eigenvalue weighted by Gasteiger charge is 2.19. The van der Waals surface area contributed by atoms with E-state index < -0.39 is 0 Å². The van der Waals surface area contributed by atoms with E-state index in [1.807, 2.05) is 11.3 Å². The van der Waals surface area contributed by atoms with E-state index in [4.69, 9.17) is 0 Å². The SMILES string of the molecule is c1ccc(-c2ccc(N(c3ccccc3)c3ccc(-c4ccc5c(c4)c4cc(-c6ccc7sc8ccccc8c7c6)ccc4n5-c4ccc5c6ccccc6c6ccccc6c5c4)cc3)cc2)cc1. The Balaban J connectivity index is 0.920. The molecular weight excluding hydrogens is 853 g/mol. The van der Waals surface area contributed by atoms with Gasteiger partial charge in [-0.25, -0.2) is 0 Å². The zero-order chi connectivity index (χ0) is 45.4. The third-order valence-electron chi connectivity index (χ3n) is 14.2. The van der Waals surface area contributed by atoms with Gasteiger partial charge < -0.3 is 9.47 Å². The van der Waals surface area contributed by atoms with Crippen LogP contribution in [0, 0.1) is 0 Å². The molecule has 2 nitrogen and oxygen atoms in total. The van der Waals surface area contributed by atoms with Gasteiger partial charge in [-0.3, -0.25) is 0 Å². The van der Waals surface area contributed by atoms with Crippen molar-refractivity contribution in [2.24, 2.45) is 0 Å². The van der Waals surface area contributed by atoms with E-state index in [0.29, 0.717) is 0 Å². The van der Waals surface area contributed by atoms with E-state index >= 15 is 0 Å². The lowest BCUT2D eigenvalue weighted by atomic mass is 9.94. The molecule has 12 aromatic carbocycles. The van der Waals surface area contributed by atoms with Crippen LogP contribution in [-0.2, 0) is 0 Å². The highest BCUT2D eigenvalue weighted by Crippen LogP contribution is 2.43. The van der Waals surface area contributed by atoms with Crippen LogP contribution >= 0.6 is 11.3 Å². The Morgan fingerprint density at radius 1 is 0.246 bits per heavy atom. The lowest BCUT2D eigenvalue weighted by molar-refractivity contribution is 1.19. The number of thiophene rings is 1. The summed E-state index contributed by atoms with van der Waals surface area (Å²) < 4.78 is 5.11. The van der Waals surface area contributed by atoms with Gasteiger partial charge in [-0.2, -0.15) is 0 Å². The maximum absolute atomic E-state index is 2.47. The maximum atomic E-state index is 2.47. The van der Waals surface area contributed by atoms with E-state index in [0.717, 1.165) is 22.7 Å². The lowest BCUT2D eigenvalue weighted by Crippen LogP contribution is -2.09. The molecule has 0 spiro atoms. The number of para-hydroxylation sites is 1. The van der Waals surface area contributed by atoms with Gasteiger partial charge in [0, 0.05) is 53.7 Å². The van der Waals surface area contributed by atoms with Crippen LogP contribution in [-0.4, -0.2) is 4.57 Å². The van der Waals surface area contributed by atoms with Gasteiger partial charge in [0.1, 0.15) is 0 Å². The summed E-state index contributed by atoms with van der Waals surface area (Å²) in [4.78, 5) is 2.34. The topological polar surface area (TPSA) is 8.17 Å². The fourth-order valence-electron chi connectivity index (χ4n) is 10.9. The van der Waals surface area contributed by atoms with Gasteiger partial charge in [-0.1, -0.05) is 164 Å². The first-order valence-electron chi connectivity index (χ1n) is 23.6. The molecule has 0 aliphatic carbocycles. The largest absolute Gasteiger partial charge is 0.311 e. The molecule has 14 rings (SSSR count). The molecule has 14 aromatic rings. The van der Waals surface area contributed by atoms with Gasteiger partial charge in [0.15, 0.2) is 0 Å².